The molecule has 2 saturated heterocycles. The number of hydrogen-bond acceptors (Lipinski definition) is 12. The number of thiazole rings is 1. The van der Waals surface area contributed by atoms with Gasteiger partial charge in [-0.2, -0.15) is 0 Å². The number of fused-ring (bicyclic) bond motifs is 1. The number of allylic oxidation sites excluding steroid dienone is 2. The molecule has 3 atom stereocenters. The maximum atomic E-state index is 15.7. The summed E-state index contributed by atoms with van der Waals surface area (Å²) < 4.78 is 55.7. The number of anilines is 1. The predicted molar refractivity (Wildman–Crippen MR) is 270 cm³/mol. The summed E-state index contributed by atoms with van der Waals surface area (Å²) in [4.78, 5) is 70.7. The fourth-order valence-electron chi connectivity index (χ4n) is 9.46. The minimum atomic E-state index is -3.66. The third kappa shape index (κ3) is 11.6. The number of aromatic nitrogens is 2. The minimum Gasteiger partial charge on any atom is -0.391 e. The number of amides is 3. The molecule has 71 heavy (non-hydrogen) atoms. The van der Waals surface area contributed by atoms with Gasteiger partial charge >= 0.3 is 0 Å². The number of Topliss-reactive ketones (excluding diaryl/α,β-unsaturated/α-hetero) is 1. The Morgan fingerprint density at radius 3 is 2.30 bits per heavy atom. The number of nitrogens with one attached hydrogen (secondary N) is 2. The largest absolute Gasteiger partial charge is 0.391 e. The van der Waals surface area contributed by atoms with Gasteiger partial charge in [-0.3, -0.25) is 29.1 Å². The van der Waals surface area contributed by atoms with Crippen LogP contribution < -0.4 is 15.5 Å². The van der Waals surface area contributed by atoms with Crippen molar-refractivity contribution in [3.8, 4) is 21.6 Å². The van der Waals surface area contributed by atoms with Gasteiger partial charge < -0.3 is 25.5 Å². The molecule has 5 aromatic rings. The molecule has 18 heteroatoms. The molecule has 2 fully saturated rings. The van der Waals surface area contributed by atoms with Gasteiger partial charge in [-0.1, -0.05) is 76.2 Å². The monoisotopic (exact) mass is 1010 g/mol. The van der Waals surface area contributed by atoms with Crippen LogP contribution in [0.5, 0.6) is 0 Å². The van der Waals surface area contributed by atoms with Gasteiger partial charge in [0.2, 0.25) is 17.7 Å². The fourth-order valence-corrected chi connectivity index (χ4v) is 11.7. The van der Waals surface area contributed by atoms with Crippen molar-refractivity contribution in [2.75, 3.05) is 49.9 Å². The molecule has 0 unspecified atom stereocenters. The molecule has 14 nitrogen and oxygen atoms in total. The highest BCUT2D eigenvalue weighted by Crippen LogP contribution is 2.35. The molecular formula is C53H59F2N7O7S2. The first-order valence-electron chi connectivity index (χ1n) is 23.8. The maximum Gasteiger partial charge on any atom is 0.246 e. The van der Waals surface area contributed by atoms with Crippen LogP contribution in [0.25, 0.3) is 27.1 Å². The normalized spacial score (nSPS) is 17.7. The van der Waals surface area contributed by atoms with E-state index in [0.29, 0.717) is 55.8 Å². The number of aryl methyl sites for hydroxylation is 1. The van der Waals surface area contributed by atoms with Crippen molar-refractivity contribution < 1.29 is 41.5 Å². The van der Waals surface area contributed by atoms with Gasteiger partial charge in [0.1, 0.15) is 23.7 Å². The molecule has 374 valence electrons. The summed E-state index contributed by atoms with van der Waals surface area (Å²) in [6.07, 6.45) is 3.12. The number of hydrogen-bond donors (Lipinski definition) is 3. The molecule has 2 aromatic heterocycles. The van der Waals surface area contributed by atoms with Crippen molar-refractivity contribution in [3.05, 3.63) is 130 Å². The number of nitrogens with zero attached hydrogens (tertiary/aromatic N) is 5. The van der Waals surface area contributed by atoms with Gasteiger partial charge in [0, 0.05) is 86.3 Å². The number of ketones is 1. The third-order valence-electron chi connectivity index (χ3n) is 13.3. The molecule has 3 amide bonds. The van der Waals surface area contributed by atoms with E-state index >= 15 is 8.78 Å². The summed E-state index contributed by atoms with van der Waals surface area (Å²) in [6, 6.07) is 17.6. The van der Waals surface area contributed by atoms with Crippen LogP contribution in [0.4, 0.5) is 14.5 Å². The Kier molecular flexibility index (Phi) is 15.3. The van der Waals surface area contributed by atoms with Crippen LogP contribution >= 0.6 is 11.3 Å². The number of likely N-dealkylation sites (tertiary alicyclic amines) is 1. The van der Waals surface area contributed by atoms with E-state index in [2.05, 4.69) is 25.5 Å². The number of benzene rings is 3. The average molecular weight is 1010 g/mol. The molecule has 0 bridgehead atoms. The van der Waals surface area contributed by atoms with E-state index in [1.54, 1.807) is 42.1 Å². The van der Waals surface area contributed by atoms with Crippen molar-refractivity contribution in [1.29, 1.82) is 0 Å². The number of carbonyl (C=O) groups excluding carboxylic acids is 4. The maximum absolute atomic E-state index is 15.7. The molecule has 8 rings (SSSR count). The van der Waals surface area contributed by atoms with E-state index in [9.17, 15) is 32.7 Å². The van der Waals surface area contributed by atoms with Gasteiger partial charge in [0.15, 0.2) is 15.6 Å². The lowest BCUT2D eigenvalue weighted by atomic mass is 9.85. The lowest BCUT2D eigenvalue weighted by molar-refractivity contribution is -0.144. The Balaban J connectivity index is 0.847. The number of pyridine rings is 1. The molecule has 3 aromatic carbocycles. The average Bonchev–Trinajstić information content (AvgIpc) is 4.08. The number of aliphatic hydroxyl groups excluding tert-OH is 1. The Morgan fingerprint density at radius 2 is 1.63 bits per heavy atom. The lowest BCUT2D eigenvalue weighted by Gasteiger charge is -2.37. The highest BCUT2D eigenvalue weighted by atomic mass is 32.2. The second kappa shape index (κ2) is 21.2. The smallest absolute Gasteiger partial charge is 0.246 e. The van der Waals surface area contributed by atoms with Gasteiger partial charge in [-0.05, 0) is 59.7 Å². The molecular weight excluding hydrogens is 949 g/mol. The van der Waals surface area contributed by atoms with Crippen molar-refractivity contribution in [2.45, 2.75) is 84.4 Å². The fraction of sp³-hybridized carbons (Fsp3) is 0.396. The van der Waals surface area contributed by atoms with Crippen LogP contribution in [0.3, 0.4) is 0 Å². The summed E-state index contributed by atoms with van der Waals surface area (Å²) in [5.41, 5.74) is 6.53. The molecule has 4 heterocycles. The standard InChI is InChI=1S/C53H59F2N7O7S2/c1-6-23-71(68,69)30-36-13-17-42(54)46(47(36)55)48(65)40-16-18-43-41(40)24-37(27-56-43)34-11-14-38(15-12-34)61-21-19-60(20-22-61)29-45(64)59-50(53(3,4)5)52(67)62-28-39(63)25-44(62)51(66)57-26-33-7-9-35(10-8-33)49-32(2)58-31-70-49/h7-17,24,27,31,39,44,50,63H,6,18-23,25-26,28-30H2,1-5H3,(H,57,66)(H,59,64)/t39-,44-,50+/m0/s1. The van der Waals surface area contributed by atoms with Crippen LogP contribution in [-0.4, -0.2) is 120 Å². The number of piperazine rings is 1. The number of carbonyl (C=O) groups is 4. The SMILES string of the molecule is CCCS(=O)(=O)Cc1ccc(F)c(C(=O)C2=CCc3ncc(-c4ccc(N5CCN(CC(=O)N[C@H](C(=O)N6C[C@@H](O)C[C@H]6C(=O)NCc6ccc(-c7scnc7C)cc6)C(C)(C)C)CC5)cc4)cc32)c1F. The number of aliphatic hydroxyl groups is 1. The van der Waals surface area contributed by atoms with Gasteiger partial charge in [0.05, 0.1) is 51.5 Å². The van der Waals surface area contributed by atoms with Crippen LogP contribution in [0.15, 0.2) is 84.5 Å². The molecule has 0 radical (unpaired) electrons. The van der Waals surface area contributed by atoms with Crippen LogP contribution in [0.1, 0.15) is 79.0 Å². The zero-order chi connectivity index (χ0) is 50.8. The molecule has 0 spiro atoms. The summed E-state index contributed by atoms with van der Waals surface area (Å²) in [5.74, 6) is -5.04. The predicted octanol–water partition coefficient (Wildman–Crippen LogP) is 6.54. The first kappa shape index (κ1) is 51.2. The highest BCUT2D eigenvalue weighted by molar-refractivity contribution is 7.90. The molecule has 2 aliphatic heterocycles. The topological polar surface area (TPSA) is 182 Å². The highest BCUT2D eigenvalue weighted by Gasteiger charge is 2.44. The van der Waals surface area contributed by atoms with Gasteiger partial charge in [0.25, 0.3) is 0 Å². The number of β-amino-alcohol motifs (C(OH)–C–C–N with tert-alkyl or cyclic N) is 1. The number of sulfone groups is 1. The van der Waals surface area contributed by atoms with Crippen LogP contribution in [0.2, 0.25) is 0 Å². The summed E-state index contributed by atoms with van der Waals surface area (Å²) >= 11 is 1.56. The van der Waals surface area contributed by atoms with E-state index < -0.39 is 68.1 Å². The van der Waals surface area contributed by atoms with E-state index in [-0.39, 0.29) is 54.8 Å². The number of rotatable bonds is 16. The second-order valence-corrected chi connectivity index (χ2v) is 22.6. The molecule has 1 aliphatic carbocycles. The summed E-state index contributed by atoms with van der Waals surface area (Å²) in [6.45, 7) is 11.9. The summed E-state index contributed by atoms with van der Waals surface area (Å²) in [5, 5.41) is 16.6. The lowest BCUT2D eigenvalue weighted by Crippen LogP contribution is -2.59. The Morgan fingerprint density at radius 1 is 0.930 bits per heavy atom. The van der Waals surface area contributed by atoms with E-state index in [4.69, 9.17) is 0 Å². The van der Waals surface area contributed by atoms with E-state index in [1.165, 1.54) is 4.90 Å². The van der Waals surface area contributed by atoms with Gasteiger partial charge in [-0.15, -0.1) is 11.3 Å². The zero-order valence-corrected chi connectivity index (χ0v) is 42.1. The van der Waals surface area contributed by atoms with Crippen LogP contribution in [-0.2, 0) is 42.9 Å². The first-order chi connectivity index (χ1) is 33.8. The Bertz CT molecular complexity index is 2970. The van der Waals surface area contributed by atoms with Crippen molar-refractivity contribution in [3.63, 3.8) is 0 Å². The molecule has 3 aliphatic rings. The second-order valence-electron chi connectivity index (χ2n) is 19.6. The van der Waals surface area contributed by atoms with E-state index in [1.807, 2.05) is 81.1 Å². The molecule has 3 N–H and O–H groups in total. The minimum absolute atomic E-state index is 0.0212. The third-order valence-corrected chi connectivity index (χ3v) is 16.1. The zero-order valence-electron chi connectivity index (χ0n) is 40.5. The van der Waals surface area contributed by atoms with Gasteiger partial charge in [-0.25, -0.2) is 22.2 Å². The van der Waals surface area contributed by atoms with E-state index in [0.717, 1.165) is 45.1 Å². The van der Waals surface area contributed by atoms with Crippen molar-refractivity contribution in [2.24, 2.45) is 5.41 Å². The van der Waals surface area contributed by atoms with Crippen LogP contribution in [0, 0.1) is 24.0 Å². The quantitative estimate of drug-likeness (QED) is 0.0914. The number of halogens is 2. The Labute approximate surface area is 417 Å². The molecule has 0 saturated carbocycles. The summed E-state index contributed by atoms with van der Waals surface area (Å²) in [7, 11) is -3.66. The van der Waals surface area contributed by atoms with Crippen molar-refractivity contribution >= 4 is 55.9 Å². The first-order valence-corrected chi connectivity index (χ1v) is 26.5. The Hall–Kier alpha value is -6.21. The van der Waals surface area contributed by atoms with Crippen molar-refractivity contribution in [1.82, 2.24) is 30.4 Å².